The van der Waals surface area contributed by atoms with Crippen molar-refractivity contribution in [1.82, 2.24) is 0 Å². The fraction of sp³-hybridized carbons (Fsp3) is 0. The van der Waals surface area contributed by atoms with Gasteiger partial charge in [0.15, 0.2) is 0 Å². The molecule has 0 N–H and O–H groups in total. The Labute approximate surface area is 173 Å². The number of allylic oxidation sites excluding steroid dienone is 4. The third-order valence-corrected chi connectivity index (χ3v) is 4.17. The van der Waals surface area contributed by atoms with Gasteiger partial charge in [0.05, 0.1) is 0 Å². The predicted molar refractivity (Wildman–Crippen MR) is 110 cm³/mol. The first-order valence-corrected chi connectivity index (χ1v) is 14.6. The van der Waals surface area contributed by atoms with Crippen LogP contribution in [0, 0.1) is 6.42 Å². The minimum atomic E-state index is -0.826. The fourth-order valence-corrected chi connectivity index (χ4v) is 3.02. The number of hydrogen-bond acceptors (Lipinski definition) is 0. The molecule has 127 valence electrons. The van der Waals surface area contributed by atoms with Crippen LogP contribution in [-0.4, -0.2) is 0 Å². The molecular weight excluding hydrogens is 438 g/mol. The van der Waals surface area contributed by atoms with Gasteiger partial charge in [-0.25, -0.2) is 0 Å². The van der Waals surface area contributed by atoms with Gasteiger partial charge in [-0.3, -0.25) is 0 Å². The van der Waals surface area contributed by atoms with E-state index in [1.165, 1.54) is 33.4 Å². The number of benzene rings is 3. The van der Waals surface area contributed by atoms with E-state index in [2.05, 4.69) is 103 Å². The summed E-state index contributed by atoms with van der Waals surface area (Å²) in [7, 11) is 9.87. The Balaban J connectivity index is 0.000000613. The summed E-state index contributed by atoms with van der Waals surface area (Å²) in [6.07, 6.45) is 4.60. The normalized spacial score (nSPS) is 12.9. The van der Waals surface area contributed by atoms with Crippen molar-refractivity contribution in [2.24, 2.45) is 0 Å². The van der Waals surface area contributed by atoms with E-state index in [-0.39, 0.29) is 0 Å². The van der Waals surface area contributed by atoms with Gasteiger partial charge in [-0.1, -0.05) is 91.0 Å². The minimum absolute atomic E-state index is 0.826. The number of halogens is 2. The molecule has 1 radical (unpaired) electrons. The van der Waals surface area contributed by atoms with E-state index in [1.807, 2.05) is 0 Å². The first-order valence-electron chi connectivity index (χ1n) is 8.26. The summed E-state index contributed by atoms with van der Waals surface area (Å²) in [5, 5.41) is 0. The number of hydrogen-bond donors (Lipinski definition) is 0. The second kappa shape index (κ2) is 10.1. The van der Waals surface area contributed by atoms with Crippen LogP contribution >= 0.6 is 17.0 Å². The summed E-state index contributed by atoms with van der Waals surface area (Å²) in [5.41, 5.74) is 7.61. The molecular formula is C23H17Cl2Zr. The Bertz CT molecular complexity index is 885. The van der Waals surface area contributed by atoms with Crippen molar-refractivity contribution in [3.05, 3.63) is 120 Å². The number of rotatable bonds is 3. The van der Waals surface area contributed by atoms with Crippen molar-refractivity contribution in [3.8, 4) is 0 Å². The Morgan fingerprint density at radius 2 is 0.885 bits per heavy atom. The summed E-state index contributed by atoms with van der Waals surface area (Å²) in [6.45, 7) is 0. The van der Waals surface area contributed by atoms with Gasteiger partial charge in [0, 0.05) is 6.42 Å². The molecule has 1 aliphatic rings. The van der Waals surface area contributed by atoms with E-state index in [0.717, 1.165) is 0 Å². The average molecular weight is 456 g/mol. The molecule has 0 saturated carbocycles. The predicted octanol–water partition coefficient (Wildman–Crippen LogP) is 7.28. The molecule has 0 aromatic heterocycles. The van der Waals surface area contributed by atoms with Crippen LogP contribution in [0.25, 0.3) is 16.7 Å². The zero-order valence-electron chi connectivity index (χ0n) is 14.1. The van der Waals surface area contributed by atoms with Crippen molar-refractivity contribution in [1.29, 1.82) is 0 Å². The van der Waals surface area contributed by atoms with Crippen molar-refractivity contribution < 1.29 is 20.8 Å². The van der Waals surface area contributed by atoms with E-state index in [9.17, 15) is 0 Å². The van der Waals surface area contributed by atoms with E-state index in [1.54, 1.807) is 0 Å². The van der Waals surface area contributed by atoms with Crippen molar-refractivity contribution >= 4 is 33.7 Å². The third kappa shape index (κ3) is 4.86. The molecule has 0 unspecified atom stereocenters. The molecule has 0 heterocycles. The van der Waals surface area contributed by atoms with Gasteiger partial charge in [-0.15, -0.1) is 0 Å². The van der Waals surface area contributed by atoms with E-state index in [0.29, 0.717) is 0 Å². The monoisotopic (exact) mass is 453 g/mol. The molecule has 0 aliphatic heterocycles. The molecule has 4 rings (SSSR count). The molecule has 0 spiro atoms. The van der Waals surface area contributed by atoms with Gasteiger partial charge in [-0.2, -0.15) is 0 Å². The Hall–Kier alpha value is -1.40. The molecule has 0 fully saturated rings. The maximum absolute atomic E-state index is 4.93. The van der Waals surface area contributed by atoms with Gasteiger partial charge >= 0.3 is 37.9 Å². The van der Waals surface area contributed by atoms with Gasteiger partial charge in [0.2, 0.25) is 0 Å². The van der Waals surface area contributed by atoms with Crippen LogP contribution in [0.3, 0.4) is 0 Å². The first-order chi connectivity index (χ1) is 12.8. The molecule has 0 atom stereocenters. The van der Waals surface area contributed by atoms with Gasteiger partial charge < -0.3 is 0 Å². The average Bonchev–Trinajstić information content (AvgIpc) is 3.16. The van der Waals surface area contributed by atoms with Crippen molar-refractivity contribution in [2.75, 3.05) is 0 Å². The molecule has 0 bridgehead atoms. The van der Waals surface area contributed by atoms with Gasteiger partial charge in [0.1, 0.15) is 0 Å². The zero-order valence-corrected chi connectivity index (χ0v) is 18.0. The Kier molecular flexibility index (Phi) is 7.50. The SMILES string of the molecule is [CH]1C(c2ccccc2)=CC(c2ccccc2)=C1c1ccccc1.[Cl][Zr][Cl]. The van der Waals surface area contributed by atoms with Crippen LogP contribution < -0.4 is 0 Å². The Morgan fingerprint density at radius 3 is 1.35 bits per heavy atom. The van der Waals surface area contributed by atoms with Crippen molar-refractivity contribution in [3.63, 3.8) is 0 Å². The van der Waals surface area contributed by atoms with Crippen LogP contribution in [0.2, 0.25) is 0 Å². The maximum atomic E-state index is 4.93. The molecule has 26 heavy (non-hydrogen) atoms. The van der Waals surface area contributed by atoms with Crippen LogP contribution in [0.1, 0.15) is 16.7 Å². The quantitative estimate of drug-likeness (QED) is 0.389. The summed E-state index contributed by atoms with van der Waals surface area (Å²) in [6, 6.07) is 31.8. The van der Waals surface area contributed by atoms with E-state index in [4.69, 9.17) is 17.0 Å². The van der Waals surface area contributed by atoms with Crippen LogP contribution in [0.15, 0.2) is 97.1 Å². The van der Waals surface area contributed by atoms with Gasteiger partial charge in [0.25, 0.3) is 0 Å². The first kappa shape index (κ1) is 19.4. The summed E-state index contributed by atoms with van der Waals surface area (Å²) in [4.78, 5) is 0. The molecule has 3 aromatic carbocycles. The summed E-state index contributed by atoms with van der Waals surface area (Å²) < 4.78 is 0. The standard InChI is InChI=1S/C23H17.2ClH.Zr/c1-4-10-18(11-5-1)21-16-22(19-12-6-2-7-13-19)23(17-21)20-14-8-3-9-15-20;;;/h1-17H;2*1H;/q;;;+2/p-2. The van der Waals surface area contributed by atoms with Crippen LogP contribution in [-0.2, 0) is 20.8 Å². The molecule has 3 aromatic rings. The summed E-state index contributed by atoms with van der Waals surface area (Å²) in [5.74, 6) is 0. The van der Waals surface area contributed by atoms with E-state index < -0.39 is 20.8 Å². The molecule has 0 amide bonds. The molecule has 3 heteroatoms. The summed E-state index contributed by atoms with van der Waals surface area (Å²) >= 11 is -0.826. The second-order valence-electron chi connectivity index (χ2n) is 5.74. The topological polar surface area (TPSA) is 0 Å². The van der Waals surface area contributed by atoms with E-state index >= 15 is 0 Å². The Morgan fingerprint density at radius 1 is 0.500 bits per heavy atom. The molecule has 1 aliphatic carbocycles. The molecule has 0 nitrogen and oxygen atoms in total. The third-order valence-electron chi connectivity index (χ3n) is 4.17. The second-order valence-corrected chi connectivity index (χ2v) is 9.47. The van der Waals surface area contributed by atoms with Gasteiger partial charge in [-0.05, 0) is 39.5 Å². The van der Waals surface area contributed by atoms with Crippen LogP contribution in [0.5, 0.6) is 0 Å². The zero-order chi connectivity index (χ0) is 18.2. The van der Waals surface area contributed by atoms with Crippen molar-refractivity contribution in [2.45, 2.75) is 0 Å². The fourth-order valence-electron chi connectivity index (χ4n) is 3.02. The molecule has 0 saturated heterocycles. The van der Waals surface area contributed by atoms with Crippen LogP contribution in [0.4, 0.5) is 0 Å².